The van der Waals surface area contributed by atoms with E-state index in [2.05, 4.69) is 16.3 Å². The van der Waals surface area contributed by atoms with Gasteiger partial charge >= 0.3 is 17.8 Å². The molecule has 0 unspecified atom stereocenters. The Labute approximate surface area is 193 Å². The molecule has 0 N–H and O–H groups in total. The minimum absolute atomic E-state index is 0.121. The highest BCUT2D eigenvalue weighted by molar-refractivity contribution is 8.26. The van der Waals surface area contributed by atoms with Gasteiger partial charge in [0.15, 0.2) is 11.5 Å². The molecule has 31 heavy (non-hydrogen) atoms. The van der Waals surface area contributed by atoms with Crippen molar-refractivity contribution in [3.05, 3.63) is 55.4 Å². The summed E-state index contributed by atoms with van der Waals surface area (Å²) in [4.78, 5) is 31.8. The minimum Gasteiger partial charge on any atom is -0.424 e. The molecule has 0 saturated heterocycles. The molecule has 8 nitrogen and oxygen atoms in total. The van der Waals surface area contributed by atoms with E-state index in [0.29, 0.717) is 28.1 Å². The smallest absolute Gasteiger partial charge is 0.424 e. The van der Waals surface area contributed by atoms with Crippen molar-refractivity contribution in [1.82, 2.24) is 0 Å². The molecule has 0 aliphatic carbocycles. The second-order valence-electron chi connectivity index (χ2n) is 5.32. The van der Waals surface area contributed by atoms with Gasteiger partial charge < -0.3 is 9.47 Å². The van der Waals surface area contributed by atoms with Gasteiger partial charge in [-0.1, -0.05) is 53.6 Å². The molecule has 2 aliphatic heterocycles. The summed E-state index contributed by atoms with van der Waals surface area (Å²) in [5.74, 6) is -1.25. The molecule has 0 atom stereocenters. The molecular formula is C19H6N4O4S4. The monoisotopic (exact) mass is 482 g/mol. The van der Waals surface area contributed by atoms with Crippen LogP contribution in [-0.2, 0) is 9.59 Å². The van der Waals surface area contributed by atoms with Gasteiger partial charge in [0.1, 0.15) is 35.1 Å². The van der Waals surface area contributed by atoms with Crippen molar-refractivity contribution in [2.45, 2.75) is 26.5 Å². The van der Waals surface area contributed by atoms with Crippen molar-refractivity contribution < 1.29 is 19.1 Å². The van der Waals surface area contributed by atoms with Crippen LogP contribution in [0.5, 0.6) is 11.5 Å². The van der Waals surface area contributed by atoms with E-state index in [4.69, 9.17) is 22.6 Å². The van der Waals surface area contributed by atoms with Gasteiger partial charge in [0.05, 0.1) is 23.8 Å². The fourth-order valence-corrected chi connectivity index (χ4v) is 7.44. The maximum Gasteiger partial charge on any atom is 0.540 e. The Morgan fingerprint density at radius 2 is 1.39 bits per heavy atom. The number of nitriles is 2. The molecule has 12 heteroatoms. The molecule has 0 fully saturated rings. The second-order valence-corrected chi connectivity index (χ2v) is 9.92. The first-order chi connectivity index (χ1) is 14.9. The number of benzene rings is 1. The van der Waals surface area contributed by atoms with Crippen LogP contribution in [0, 0.1) is 35.8 Å². The molecule has 1 aromatic rings. The van der Waals surface area contributed by atoms with Crippen LogP contribution in [0.3, 0.4) is 0 Å². The number of hydrogen-bond donors (Lipinski definition) is 0. The van der Waals surface area contributed by atoms with E-state index in [1.807, 2.05) is 12.1 Å². The number of carbonyl (C=O) groups is 2. The second kappa shape index (κ2) is 9.26. The van der Waals surface area contributed by atoms with Gasteiger partial charge in [0.25, 0.3) is 0 Å². The topological polar surface area (TPSA) is 109 Å². The Morgan fingerprint density at radius 3 is 1.77 bits per heavy atom. The highest BCUT2D eigenvalue weighted by Crippen LogP contribution is 2.68. The van der Waals surface area contributed by atoms with Crippen LogP contribution in [0.1, 0.15) is 6.92 Å². The van der Waals surface area contributed by atoms with Crippen molar-refractivity contribution in [2.24, 2.45) is 0 Å². The standard InChI is InChI=1S/C19H6N4O4S4/c1-5-10(25)27-12-15-13(28-18(29-15)9(6-20)7-21)11(26-8(2)24)14-16(12)31-19(30-14)17(22-3)23-4/h5H,1H2,2H3. The van der Waals surface area contributed by atoms with Crippen molar-refractivity contribution in [3.8, 4) is 23.6 Å². The third-order valence-electron chi connectivity index (χ3n) is 3.45. The SMILES string of the molecule is [C-]#[N+]C([N+]#[C-])=C1Sc2c(OC(C)=O)c3c(c(OC(=O)C=C)c2S1)SC(=C(C#N)C#N)S3. The van der Waals surface area contributed by atoms with Crippen LogP contribution in [0.25, 0.3) is 9.69 Å². The Bertz CT molecular complexity index is 1190. The third-order valence-corrected chi connectivity index (χ3v) is 8.60. The van der Waals surface area contributed by atoms with Gasteiger partial charge in [0.2, 0.25) is 0 Å². The highest BCUT2D eigenvalue weighted by Gasteiger charge is 2.40. The van der Waals surface area contributed by atoms with E-state index < -0.39 is 11.9 Å². The van der Waals surface area contributed by atoms with Crippen LogP contribution in [0.15, 0.2) is 52.1 Å². The van der Waals surface area contributed by atoms with Crippen molar-refractivity contribution in [3.63, 3.8) is 0 Å². The molecule has 0 spiro atoms. The van der Waals surface area contributed by atoms with Gasteiger partial charge in [-0.2, -0.15) is 20.2 Å². The molecule has 0 bridgehead atoms. The molecular weight excluding hydrogens is 477 g/mol. The number of thioether (sulfide) groups is 4. The number of nitrogens with zero attached hydrogens (tertiary/aromatic N) is 4. The summed E-state index contributed by atoms with van der Waals surface area (Å²) in [5, 5.41) is 18.5. The van der Waals surface area contributed by atoms with Crippen LogP contribution >= 0.6 is 47.0 Å². The lowest BCUT2D eigenvalue weighted by atomic mass is 10.3. The maximum absolute atomic E-state index is 12.0. The largest absolute Gasteiger partial charge is 0.540 e. The van der Waals surface area contributed by atoms with Crippen molar-refractivity contribution >= 4 is 59.0 Å². The summed E-state index contributed by atoms with van der Waals surface area (Å²) >= 11 is 4.17. The normalized spacial score (nSPS) is 12.9. The lowest BCUT2D eigenvalue weighted by Crippen LogP contribution is -2.08. The molecule has 150 valence electrons. The average Bonchev–Trinajstić information content (AvgIpc) is 3.37. The number of allylic oxidation sites excluding steroid dienone is 1. The molecule has 0 saturated carbocycles. The van der Waals surface area contributed by atoms with E-state index >= 15 is 0 Å². The lowest BCUT2D eigenvalue weighted by Gasteiger charge is -2.15. The summed E-state index contributed by atoms with van der Waals surface area (Å²) in [6.45, 7) is 19.0. The number of carbonyl (C=O) groups excluding carboxylic acids is 2. The zero-order valence-electron chi connectivity index (χ0n) is 15.3. The molecule has 3 rings (SSSR count). The van der Waals surface area contributed by atoms with Crippen LogP contribution < -0.4 is 9.47 Å². The fraction of sp³-hybridized carbons (Fsp3) is 0.0526. The first-order valence-corrected chi connectivity index (χ1v) is 11.2. The number of fused-ring (bicyclic) bond motifs is 2. The predicted molar refractivity (Wildman–Crippen MR) is 115 cm³/mol. The van der Waals surface area contributed by atoms with Crippen molar-refractivity contribution in [1.29, 1.82) is 10.5 Å². The first-order valence-electron chi connectivity index (χ1n) is 7.90. The zero-order valence-corrected chi connectivity index (χ0v) is 18.6. The Balaban J connectivity index is 2.33. The van der Waals surface area contributed by atoms with Crippen molar-refractivity contribution in [2.75, 3.05) is 0 Å². The molecule has 0 radical (unpaired) electrons. The van der Waals surface area contributed by atoms with E-state index in [1.54, 1.807) is 0 Å². The Morgan fingerprint density at radius 1 is 0.935 bits per heavy atom. The summed E-state index contributed by atoms with van der Waals surface area (Å²) in [6.07, 6.45) is 0.978. The lowest BCUT2D eigenvalue weighted by molar-refractivity contribution is -0.132. The van der Waals surface area contributed by atoms with E-state index in [1.165, 1.54) is 6.92 Å². The summed E-state index contributed by atoms with van der Waals surface area (Å²) in [7, 11) is 0. The van der Waals surface area contributed by atoms with E-state index in [0.717, 1.165) is 53.1 Å². The predicted octanol–water partition coefficient (Wildman–Crippen LogP) is 5.32. The van der Waals surface area contributed by atoms with Crippen LogP contribution in [-0.4, -0.2) is 11.9 Å². The molecule has 1 aromatic carbocycles. The molecule has 0 aromatic heterocycles. The van der Waals surface area contributed by atoms with Gasteiger partial charge in [-0.05, 0) is 0 Å². The van der Waals surface area contributed by atoms with Gasteiger partial charge in [-0.15, -0.1) is 0 Å². The van der Waals surface area contributed by atoms with E-state index in [9.17, 15) is 20.1 Å². The number of hydrogen-bond acceptors (Lipinski definition) is 10. The Kier molecular flexibility index (Phi) is 6.70. The highest BCUT2D eigenvalue weighted by atomic mass is 32.2. The van der Waals surface area contributed by atoms with Gasteiger partial charge in [-0.3, -0.25) is 4.79 Å². The molecule has 0 amide bonds. The molecule has 2 heterocycles. The average molecular weight is 483 g/mol. The van der Waals surface area contributed by atoms with E-state index in [-0.39, 0.29) is 22.9 Å². The third kappa shape index (κ3) is 4.16. The number of ether oxygens (including phenoxy) is 2. The number of esters is 2. The number of rotatable bonds is 3. The summed E-state index contributed by atoms with van der Waals surface area (Å²) < 4.78 is 11.6. The molecule has 2 aliphatic rings. The fourth-order valence-electron chi connectivity index (χ4n) is 2.30. The quantitative estimate of drug-likeness (QED) is 0.184. The van der Waals surface area contributed by atoms with Crippen LogP contribution in [0.2, 0.25) is 0 Å². The Hall–Kier alpha value is -3.26. The van der Waals surface area contributed by atoms with Gasteiger partial charge in [0, 0.05) is 13.0 Å². The first kappa shape index (κ1) is 22.4. The zero-order chi connectivity index (χ0) is 22.7. The van der Waals surface area contributed by atoms with Crippen LogP contribution in [0.4, 0.5) is 0 Å². The maximum atomic E-state index is 12.0. The van der Waals surface area contributed by atoms with Gasteiger partial charge in [-0.25, -0.2) is 4.79 Å². The summed E-state index contributed by atoms with van der Waals surface area (Å²) in [6, 6.07) is 3.63. The minimum atomic E-state index is -0.743. The summed E-state index contributed by atoms with van der Waals surface area (Å²) in [5.41, 5.74) is -0.134.